The lowest BCUT2D eigenvalue weighted by molar-refractivity contribution is -0.145. The predicted molar refractivity (Wildman–Crippen MR) is 105 cm³/mol. The lowest BCUT2D eigenvalue weighted by atomic mass is 10.0. The molecule has 3 aromatic rings. The molecule has 0 bridgehead atoms. The minimum atomic E-state index is -5.24. The minimum absolute atomic E-state index is 0.200. The zero-order valence-corrected chi connectivity index (χ0v) is 16.7. The number of pyridine rings is 1. The predicted octanol–water partition coefficient (Wildman–Crippen LogP) is 5.37. The van der Waals surface area contributed by atoms with Crippen molar-refractivity contribution in [2.75, 3.05) is 11.4 Å². The number of carbonyl (C=O) groups excluding carboxylic acids is 1. The van der Waals surface area contributed by atoms with Crippen molar-refractivity contribution in [3.8, 4) is 11.9 Å². The molecule has 0 saturated heterocycles. The Morgan fingerprint density at radius 2 is 1.76 bits per heavy atom. The fourth-order valence-corrected chi connectivity index (χ4v) is 3.81. The molecule has 11 heteroatoms. The Balaban J connectivity index is 1.89. The summed E-state index contributed by atoms with van der Waals surface area (Å²) in [6.45, 7) is 0.315. The summed E-state index contributed by atoms with van der Waals surface area (Å²) < 4.78 is 81.3. The second-order valence-corrected chi connectivity index (χ2v) is 7.31. The molecule has 2 aromatic heterocycles. The van der Waals surface area contributed by atoms with E-state index < -0.39 is 40.9 Å². The van der Waals surface area contributed by atoms with Crippen LogP contribution in [0, 0.1) is 11.3 Å². The van der Waals surface area contributed by atoms with Crippen molar-refractivity contribution in [1.29, 1.82) is 5.26 Å². The lowest BCUT2D eigenvalue weighted by Gasteiger charge is -2.29. The van der Waals surface area contributed by atoms with Gasteiger partial charge in [0.25, 0.3) is 5.91 Å². The van der Waals surface area contributed by atoms with Gasteiger partial charge in [0.15, 0.2) is 5.82 Å². The molecule has 0 spiro atoms. The summed E-state index contributed by atoms with van der Waals surface area (Å²) >= 11 is 0. The molecule has 0 atom stereocenters. The normalized spacial score (nSPS) is 14.0. The van der Waals surface area contributed by atoms with Crippen LogP contribution in [-0.4, -0.2) is 22.0 Å². The quantitative estimate of drug-likeness (QED) is 0.479. The number of aromatic nitrogens is 2. The maximum absolute atomic E-state index is 13.5. The monoisotopic (exact) mass is 464 g/mol. The van der Waals surface area contributed by atoms with Crippen LogP contribution in [0.25, 0.3) is 5.82 Å². The third kappa shape index (κ3) is 4.04. The number of fused-ring (bicyclic) bond motifs is 1. The highest BCUT2D eigenvalue weighted by atomic mass is 19.4. The average molecular weight is 464 g/mol. The van der Waals surface area contributed by atoms with Gasteiger partial charge < -0.3 is 4.90 Å². The fourth-order valence-electron chi connectivity index (χ4n) is 3.81. The van der Waals surface area contributed by atoms with E-state index in [2.05, 4.69) is 4.98 Å². The van der Waals surface area contributed by atoms with E-state index in [9.17, 15) is 36.4 Å². The number of aryl methyl sites for hydroxylation is 1. The van der Waals surface area contributed by atoms with Gasteiger partial charge in [0.2, 0.25) is 0 Å². The van der Waals surface area contributed by atoms with E-state index in [0.29, 0.717) is 18.7 Å². The average Bonchev–Trinajstić information content (AvgIpc) is 3.25. The van der Waals surface area contributed by atoms with E-state index in [4.69, 9.17) is 0 Å². The van der Waals surface area contributed by atoms with Gasteiger partial charge in [-0.2, -0.15) is 31.6 Å². The lowest BCUT2D eigenvalue weighted by Crippen LogP contribution is -2.36. The van der Waals surface area contributed by atoms with Crippen molar-refractivity contribution in [2.24, 2.45) is 0 Å². The fraction of sp³-hybridized carbons (Fsp3) is 0.227. The molecule has 0 fully saturated rings. The first kappa shape index (κ1) is 22.4. The molecule has 0 saturated carbocycles. The smallest absolute Gasteiger partial charge is 0.307 e. The second kappa shape index (κ2) is 7.95. The zero-order valence-electron chi connectivity index (χ0n) is 16.7. The zero-order chi connectivity index (χ0) is 24.0. The van der Waals surface area contributed by atoms with Gasteiger partial charge in [-0.05, 0) is 42.7 Å². The Morgan fingerprint density at radius 3 is 2.42 bits per heavy atom. The highest BCUT2D eigenvalue weighted by Gasteiger charge is 2.41. The van der Waals surface area contributed by atoms with Crippen LogP contribution in [0.4, 0.5) is 32.0 Å². The number of para-hydroxylation sites is 1. The van der Waals surface area contributed by atoms with E-state index in [1.54, 1.807) is 18.2 Å². The molecule has 5 nitrogen and oxygen atoms in total. The molecule has 0 aliphatic carbocycles. The van der Waals surface area contributed by atoms with Gasteiger partial charge in [-0.15, -0.1) is 0 Å². The van der Waals surface area contributed by atoms with E-state index in [0.717, 1.165) is 22.7 Å². The first-order valence-corrected chi connectivity index (χ1v) is 9.69. The Bertz CT molecular complexity index is 1270. The van der Waals surface area contributed by atoms with E-state index >= 15 is 0 Å². The molecule has 33 heavy (non-hydrogen) atoms. The summed E-state index contributed by atoms with van der Waals surface area (Å²) in [6, 6.07) is 10.7. The minimum Gasteiger partial charge on any atom is -0.307 e. The number of rotatable bonds is 2. The number of carbonyl (C=O) groups is 1. The van der Waals surface area contributed by atoms with Crippen LogP contribution in [0.2, 0.25) is 0 Å². The Labute approximate surface area is 183 Å². The third-order valence-electron chi connectivity index (χ3n) is 5.26. The molecule has 1 aliphatic rings. The third-order valence-corrected chi connectivity index (χ3v) is 5.26. The molecule has 0 N–H and O–H groups in total. The number of nitriles is 1. The van der Waals surface area contributed by atoms with Gasteiger partial charge in [0.1, 0.15) is 23.0 Å². The molecule has 1 aliphatic heterocycles. The van der Waals surface area contributed by atoms with Crippen LogP contribution < -0.4 is 4.90 Å². The largest absolute Gasteiger partial charge is 0.433 e. The highest BCUT2D eigenvalue weighted by Crippen LogP contribution is 2.38. The molecular weight excluding hydrogens is 450 g/mol. The van der Waals surface area contributed by atoms with Gasteiger partial charge in [-0.3, -0.25) is 9.36 Å². The molecule has 1 aromatic carbocycles. The number of hydrogen-bond acceptors (Lipinski definition) is 3. The number of alkyl halides is 6. The summed E-state index contributed by atoms with van der Waals surface area (Å²) in [5.74, 6) is -1.55. The SMILES string of the molecule is N#Cc1c(C(F)(F)F)cc(C(F)(F)F)nc1-n1cccc1C(=O)N1CCCc2ccccc21. The summed E-state index contributed by atoms with van der Waals surface area (Å²) in [7, 11) is 0. The molecule has 1 amide bonds. The summed E-state index contributed by atoms with van der Waals surface area (Å²) in [5.41, 5.74) is -3.43. The summed E-state index contributed by atoms with van der Waals surface area (Å²) in [5, 5.41) is 9.38. The first-order chi connectivity index (χ1) is 15.5. The summed E-state index contributed by atoms with van der Waals surface area (Å²) in [6.07, 6.45) is -7.99. The molecule has 0 unspecified atom stereocenters. The van der Waals surface area contributed by atoms with Crippen LogP contribution in [-0.2, 0) is 18.8 Å². The highest BCUT2D eigenvalue weighted by molar-refractivity contribution is 6.06. The van der Waals surface area contributed by atoms with Crippen LogP contribution in [0.1, 0.15) is 39.3 Å². The molecule has 0 radical (unpaired) electrons. The van der Waals surface area contributed by atoms with Gasteiger partial charge >= 0.3 is 12.4 Å². The van der Waals surface area contributed by atoms with Crippen molar-refractivity contribution in [2.45, 2.75) is 25.2 Å². The number of anilines is 1. The Morgan fingerprint density at radius 1 is 1.03 bits per heavy atom. The topological polar surface area (TPSA) is 61.9 Å². The van der Waals surface area contributed by atoms with E-state index in [1.165, 1.54) is 23.1 Å². The molecule has 3 heterocycles. The van der Waals surface area contributed by atoms with Crippen molar-refractivity contribution in [1.82, 2.24) is 9.55 Å². The van der Waals surface area contributed by atoms with E-state index in [1.807, 2.05) is 6.07 Å². The molecule has 4 rings (SSSR count). The van der Waals surface area contributed by atoms with Crippen molar-refractivity contribution < 1.29 is 31.1 Å². The van der Waals surface area contributed by atoms with Crippen molar-refractivity contribution in [3.05, 3.63) is 76.7 Å². The molecule has 170 valence electrons. The van der Waals surface area contributed by atoms with Crippen molar-refractivity contribution in [3.63, 3.8) is 0 Å². The second-order valence-electron chi connectivity index (χ2n) is 7.31. The number of amides is 1. The van der Waals surface area contributed by atoms with Crippen molar-refractivity contribution >= 4 is 11.6 Å². The van der Waals surface area contributed by atoms with Gasteiger partial charge in [0, 0.05) is 18.4 Å². The van der Waals surface area contributed by atoms with Gasteiger partial charge in [0.05, 0.1) is 5.56 Å². The number of nitrogens with zero attached hydrogens (tertiary/aromatic N) is 4. The number of halogens is 6. The van der Waals surface area contributed by atoms with Crippen LogP contribution in [0.15, 0.2) is 48.7 Å². The Kier molecular flexibility index (Phi) is 5.40. The van der Waals surface area contributed by atoms with Gasteiger partial charge in [-0.1, -0.05) is 18.2 Å². The summed E-state index contributed by atoms with van der Waals surface area (Å²) in [4.78, 5) is 18.1. The number of hydrogen-bond donors (Lipinski definition) is 0. The Hall–Kier alpha value is -3.81. The molecular formula is C22H14F6N4O. The van der Waals surface area contributed by atoms with Gasteiger partial charge in [-0.25, -0.2) is 4.98 Å². The van der Waals surface area contributed by atoms with E-state index in [-0.39, 0.29) is 11.8 Å². The van der Waals surface area contributed by atoms with Crippen LogP contribution in [0.3, 0.4) is 0 Å². The standard InChI is InChI=1S/C22H14F6N4O/c23-21(24,25)15-11-18(22(26,27)28)30-19(14(15)12-29)31-9-4-8-17(31)20(33)32-10-3-6-13-5-1-2-7-16(13)32/h1-2,4-5,7-9,11H,3,6,10H2. The first-order valence-electron chi connectivity index (χ1n) is 9.69. The maximum Gasteiger partial charge on any atom is 0.433 e. The maximum atomic E-state index is 13.5. The van der Waals surface area contributed by atoms with Crippen LogP contribution in [0.5, 0.6) is 0 Å². The van der Waals surface area contributed by atoms with Crippen LogP contribution >= 0.6 is 0 Å². The number of benzene rings is 1.